The average Bonchev–Trinajstić information content (AvgIpc) is 3.13. The topological polar surface area (TPSA) is 34.0 Å². The first-order valence-electron chi connectivity index (χ1n) is 10.1. The zero-order chi connectivity index (χ0) is 18.2. The summed E-state index contributed by atoms with van der Waals surface area (Å²) in [6.45, 7) is 3.16. The van der Waals surface area contributed by atoms with Crippen LogP contribution in [0.1, 0.15) is 43.8 Å². The van der Waals surface area contributed by atoms with E-state index in [0.29, 0.717) is 5.92 Å². The molecule has 1 aromatic carbocycles. The molecular formula is C22H25ClN4. The van der Waals surface area contributed by atoms with Gasteiger partial charge < -0.3 is 9.47 Å². The predicted molar refractivity (Wildman–Crippen MR) is 111 cm³/mol. The smallest absolute Gasteiger partial charge is 0.129 e. The Hall–Kier alpha value is -2.07. The molecule has 0 unspecified atom stereocenters. The van der Waals surface area contributed by atoms with Crippen molar-refractivity contribution in [3.05, 3.63) is 53.6 Å². The first kappa shape index (κ1) is 17.1. The molecule has 27 heavy (non-hydrogen) atoms. The Bertz CT molecular complexity index is 946. The van der Waals surface area contributed by atoms with E-state index in [1.807, 2.05) is 18.3 Å². The van der Waals surface area contributed by atoms with Crippen molar-refractivity contribution in [2.75, 3.05) is 18.0 Å². The lowest BCUT2D eigenvalue weighted by molar-refractivity contribution is 0.270. The maximum absolute atomic E-state index is 6.37. The third-order valence-electron chi connectivity index (χ3n) is 6.19. The number of benzene rings is 1. The molecule has 1 aliphatic carbocycles. The lowest BCUT2D eigenvalue weighted by Gasteiger charge is -2.34. The SMILES string of the molecule is Clc1cccc2ccc(N3CCC[C@@H](c4nccn4CC4CCC4)C3)nc12. The summed E-state index contributed by atoms with van der Waals surface area (Å²) < 4.78 is 2.41. The van der Waals surface area contributed by atoms with Crippen LogP contribution >= 0.6 is 11.6 Å². The van der Waals surface area contributed by atoms with Crippen LogP contribution < -0.4 is 4.90 Å². The van der Waals surface area contributed by atoms with E-state index in [9.17, 15) is 0 Å². The minimum absolute atomic E-state index is 0.470. The number of piperidine rings is 1. The number of nitrogens with zero attached hydrogens (tertiary/aromatic N) is 4. The molecule has 1 saturated carbocycles. The highest BCUT2D eigenvalue weighted by atomic mass is 35.5. The molecule has 2 aliphatic rings. The maximum atomic E-state index is 6.37. The number of halogens is 1. The molecule has 1 atom stereocenters. The zero-order valence-electron chi connectivity index (χ0n) is 15.5. The molecule has 0 bridgehead atoms. The number of para-hydroxylation sites is 1. The molecule has 1 saturated heterocycles. The van der Waals surface area contributed by atoms with Crippen LogP contribution in [0, 0.1) is 5.92 Å². The van der Waals surface area contributed by atoms with Gasteiger partial charge >= 0.3 is 0 Å². The van der Waals surface area contributed by atoms with E-state index in [0.717, 1.165) is 47.3 Å². The van der Waals surface area contributed by atoms with E-state index >= 15 is 0 Å². The molecule has 3 heterocycles. The van der Waals surface area contributed by atoms with Crippen LogP contribution in [0.25, 0.3) is 10.9 Å². The Morgan fingerprint density at radius 2 is 2.00 bits per heavy atom. The summed E-state index contributed by atoms with van der Waals surface area (Å²) in [5.74, 6) is 3.60. The van der Waals surface area contributed by atoms with Crippen LogP contribution in [-0.2, 0) is 6.54 Å². The van der Waals surface area contributed by atoms with Crippen molar-refractivity contribution in [2.24, 2.45) is 5.92 Å². The number of hydrogen-bond acceptors (Lipinski definition) is 3. The Morgan fingerprint density at radius 3 is 2.85 bits per heavy atom. The van der Waals surface area contributed by atoms with Crippen molar-refractivity contribution in [1.29, 1.82) is 0 Å². The van der Waals surface area contributed by atoms with Gasteiger partial charge in [-0.25, -0.2) is 9.97 Å². The average molecular weight is 381 g/mol. The van der Waals surface area contributed by atoms with Crippen LogP contribution in [0.4, 0.5) is 5.82 Å². The van der Waals surface area contributed by atoms with Crippen LogP contribution in [0.15, 0.2) is 42.7 Å². The van der Waals surface area contributed by atoms with Crippen molar-refractivity contribution in [1.82, 2.24) is 14.5 Å². The molecule has 0 spiro atoms. The van der Waals surface area contributed by atoms with Crippen molar-refractivity contribution in [3.8, 4) is 0 Å². The third kappa shape index (κ3) is 3.31. The molecule has 2 aromatic heterocycles. The third-order valence-corrected chi connectivity index (χ3v) is 6.50. The molecule has 140 valence electrons. The maximum Gasteiger partial charge on any atom is 0.129 e. The first-order valence-corrected chi connectivity index (χ1v) is 10.5. The molecule has 4 nitrogen and oxygen atoms in total. The first-order chi connectivity index (χ1) is 13.3. The molecule has 0 radical (unpaired) electrons. The largest absolute Gasteiger partial charge is 0.356 e. The minimum Gasteiger partial charge on any atom is -0.356 e. The van der Waals surface area contributed by atoms with Gasteiger partial charge in [0.2, 0.25) is 0 Å². The number of rotatable bonds is 4. The van der Waals surface area contributed by atoms with Crippen molar-refractivity contribution in [3.63, 3.8) is 0 Å². The summed E-state index contributed by atoms with van der Waals surface area (Å²) in [4.78, 5) is 12.0. The van der Waals surface area contributed by atoms with Gasteiger partial charge in [0.1, 0.15) is 11.6 Å². The highest BCUT2D eigenvalue weighted by molar-refractivity contribution is 6.35. The summed E-state index contributed by atoms with van der Waals surface area (Å²) in [5.41, 5.74) is 0.894. The van der Waals surface area contributed by atoms with Gasteiger partial charge in [0.05, 0.1) is 10.5 Å². The van der Waals surface area contributed by atoms with E-state index in [-0.39, 0.29) is 0 Å². The van der Waals surface area contributed by atoms with Crippen LogP contribution in [0.3, 0.4) is 0 Å². The fourth-order valence-electron chi connectivity index (χ4n) is 4.46. The summed E-state index contributed by atoms with van der Waals surface area (Å²) in [5, 5.41) is 1.81. The normalized spacial score (nSPS) is 20.8. The highest BCUT2D eigenvalue weighted by Crippen LogP contribution is 2.33. The van der Waals surface area contributed by atoms with E-state index in [2.05, 4.69) is 33.9 Å². The van der Waals surface area contributed by atoms with Gasteiger partial charge in [0.25, 0.3) is 0 Å². The monoisotopic (exact) mass is 380 g/mol. The lowest BCUT2D eigenvalue weighted by atomic mass is 9.85. The van der Waals surface area contributed by atoms with Gasteiger partial charge in [-0.15, -0.1) is 0 Å². The summed E-state index contributed by atoms with van der Waals surface area (Å²) in [6.07, 6.45) is 10.6. The standard InChI is InChI=1S/C22H25ClN4/c23-19-8-2-6-17-9-10-20(25-21(17)19)26-12-3-7-18(15-26)22-24-11-13-27(22)14-16-4-1-5-16/h2,6,8-11,13,16,18H,1,3-5,7,12,14-15H2/t18-/m1/s1. The van der Waals surface area contributed by atoms with Crippen LogP contribution in [0.5, 0.6) is 0 Å². The second-order valence-electron chi connectivity index (χ2n) is 8.00. The van der Waals surface area contributed by atoms with Crippen LogP contribution in [0.2, 0.25) is 5.02 Å². The molecule has 0 amide bonds. The van der Waals surface area contributed by atoms with Crippen LogP contribution in [-0.4, -0.2) is 27.6 Å². The Morgan fingerprint density at radius 1 is 1.07 bits per heavy atom. The number of aromatic nitrogens is 3. The lowest BCUT2D eigenvalue weighted by Crippen LogP contribution is -2.36. The fourth-order valence-corrected chi connectivity index (χ4v) is 4.69. The number of pyridine rings is 1. The van der Waals surface area contributed by atoms with Gasteiger partial charge in [0.15, 0.2) is 0 Å². The van der Waals surface area contributed by atoms with Crippen molar-refractivity contribution in [2.45, 2.75) is 44.6 Å². The number of hydrogen-bond donors (Lipinski definition) is 0. The Balaban J connectivity index is 1.38. The van der Waals surface area contributed by atoms with E-state index in [1.165, 1.54) is 37.9 Å². The molecule has 1 aliphatic heterocycles. The van der Waals surface area contributed by atoms with E-state index < -0.39 is 0 Å². The minimum atomic E-state index is 0.470. The van der Waals surface area contributed by atoms with Gasteiger partial charge in [-0.3, -0.25) is 0 Å². The van der Waals surface area contributed by atoms with Crippen molar-refractivity contribution < 1.29 is 0 Å². The quantitative estimate of drug-likeness (QED) is 0.618. The number of anilines is 1. The fraction of sp³-hybridized carbons (Fsp3) is 0.455. The van der Waals surface area contributed by atoms with Gasteiger partial charge in [-0.05, 0) is 49.8 Å². The summed E-state index contributed by atoms with van der Waals surface area (Å²) in [7, 11) is 0. The number of imidazole rings is 1. The molecule has 5 heteroatoms. The van der Waals surface area contributed by atoms with Crippen molar-refractivity contribution >= 4 is 28.3 Å². The Kier molecular flexibility index (Phi) is 4.52. The Labute approximate surface area is 165 Å². The van der Waals surface area contributed by atoms with E-state index in [4.69, 9.17) is 21.6 Å². The van der Waals surface area contributed by atoms with Gasteiger partial charge in [0, 0.05) is 43.3 Å². The molecule has 0 N–H and O–H groups in total. The molecular weight excluding hydrogens is 356 g/mol. The number of fused-ring (bicyclic) bond motifs is 1. The summed E-state index contributed by atoms with van der Waals surface area (Å²) >= 11 is 6.37. The zero-order valence-corrected chi connectivity index (χ0v) is 16.3. The second kappa shape index (κ2) is 7.16. The molecule has 3 aromatic rings. The van der Waals surface area contributed by atoms with E-state index in [1.54, 1.807) is 0 Å². The van der Waals surface area contributed by atoms with Gasteiger partial charge in [-0.2, -0.15) is 0 Å². The second-order valence-corrected chi connectivity index (χ2v) is 8.41. The van der Waals surface area contributed by atoms with Gasteiger partial charge in [-0.1, -0.05) is 30.2 Å². The molecule has 5 rings (SSSR count). The highest BCUT2D eigenvalue weighted by Gasteiger charge is 2.27. The summed E-state index contributed by atoms with van der Waals surface area (Å²) in [6, 6.07) is 10.2. The molecule has 2 fully saturated rings. The predicted octanol–water partition coefficient (Wildman–Crippen LogP) is 5.27.